The molecule has 1 nitrogen and oxygen atoms in total. The van der Waals surface area contributed by atoms with E-state index in [9.17, 15) is 5.11 Å². The fraction of sp³-hybridized carbons (Fsp3) is 0.143. The molecule has 2 aromatic carbocycles. The Labute approximate surface area is 108 Å². The van der Waals surface area contributed by atoms with E-state index in [2.05, 4.69) is 6.58 Å². The molecule has 0 fully saturated rings. The van der Waals surface area contributed by atoms with Crippen molar-refractivity contribution in [2.45, 2.75) is 12.5 Å². The molecular formula is C14H16FeO-6. The van der Waals surface area contributed by atoms with Gasteiger partial charge in [0.2, 0.25) is 0 Å². The Balaban J connectivity index is 0.000000318. The first kappa shape index (κ1) is 14.9. The first-order valence-electron chi connectivity index (χ1n) is 5.02. The summed E-state index contributed by atoms with van der Waals surface area (Å²) in [6.45, 7) is 3.55. The van der Waals surface area contributed by atoms with E-state index >= 15 is 0 Å². The maximum absolute atomic E-state index is 9.34. The van der Waals surface area contributed by atoms with Crippen LogP contribution in [0.4, 0.5) is 0 Å². The van der Waals surface area contributed by atoms with Gasteiger partial charge in [-0.3, -0.25) is 0 Å². The van der Waals surface area contributed by atoms with Gasteiger partial charge in [-0.2, -0.15) is 12.1 Å². The zero-order valence-corrected chi connectivity index (χ0v) is 10.2. The molecule has 2 heteroatoms. The van der Waals surface area contributed by atoms with Gasteiger partial charge in [0.25, 0.3) is 0 Å². The minimum atomic E-state index is -0.368. The Morgan fingerprint density at radius 1 is 1.12 bits per heavy atom. The van der Waals surface area contributed by atoms with Gasteiger partial charge in [0, 0.05) is 23.2 Å². The molecule has 0 aliphatic carbocycles. The monoisotopic (exact) mass is 256 g/mol. The van der Waals surface area contributed by atoms with Gasteiger partial charge in [-0.25, -0.2) is 12.1 Å². The Morgan fingerprint density at radius 3 is 1.94 bits per heavy atom. The van der Waals surface area contributed by atoms with Crippen molar-refractivity contribution in [3.8, 4) is 0 Å². The van der Waals surface area contributed by atoms with Crippen molar-refractivity contribution in [2.24, 2.45) is 0 Å². The summed E-state index contributed by atoms with van der Waals surface area (Å²) >= 11 is 0. The average Bonchev–Trinajstić information content (AvgIpc) is 2.95. The second-order valence-electron chi connectivity index (χ2n) is 3.22. The third kappa shape index (κ3) is 5.72. The first-order valence-corrected chi connectivity index (χ1v) is 5.02. The number of rotatable bonds is 3. The molecule has 0 saturated carbocycles. The maximum atomic E-state index is 9.34. The van der Waals surface area contributed by atoms with Gasteiger partial charge in [-0.15, -0.1) is 12.1 Å². The largest absolute Gasteiger partial charge is 0.748 e. The quantitative estimate of drug-likeness (QED) is 0.507. The van der Waals surface area contributed by atoms with Crippen LogP contribution in [0.25, 0.3) is 0 Å². The minimum absolute atomic E-state index is 0. The number of aliphatic hydroxyl groups excluding tert-OH is 1. The topological polar surface area (TPSA) is 20.2 Å². The smallest absolute Gasteiger partial charge is 0.0385 e. The molecule has 0 spiro atoms. The van der Waals surface area contributed by atoms with Gasteiger partial charge in [-0.05, 0) is 6.42 Å². The summed E-state index contributed by atoms with van der Waals surface area (Å²) in [4.78, 5) is 0. The van der Waals surface area contributed by atoms with Crippen LogP contribution in [0.15, 0.2) is 67.3 Å². The molecule has 0 bridgehead atoms. The van der Waals surface area contributed by atoms with Crippen LogP contribution < -0.4 is 0 Å². The summed E-state index contributed by atoms with van der Waals surface area (Å²) in [5.74, 6) is 0. The summed E-state index contributed by atoms with van der Waals surface area (Å²) in [5, 5.41) is 9.34. The standard InChI is InChI=1S/C9H11O.C5H5.Fe/c1-2-5-9(10)8-6-3-4-7-8;1-2-4-5-3-1;/h2-4,6-7,9-10H,1,5H2;1-5H;/q-1;-5;. The summed E-state index contributed by atoms with van der Waals surface area (Å²) in [6.07, 6.45) is 1.98. The van der Waals surface area contributed by atoms with Gasteiger partial charge < -0.3 is 35.4 Å². The molecule has 1 N–H and O–H groups in total. The van der Waals surface area contributed by atoms with Crippen LogP contribution in [0.1, 0.15) is 18.1 Å². The van der Waals surface area contributed by atoms with E-state index in [1.165, 1.54) is 0 Å². The molecule has 0 aliphatic heterocycles. The number of aliphatic hydroxyl groups is 1. The van der Waals surface area contributed by atoms with Crippen LogP contribution in [0.3, 0.4) is 0 Å². The van der Waals surface area contributed by atoms with Gasteiger partial charge >= 0.3 is 0 Å². The Hall–Kier alpha value is -1.08. The van der Waals surface area contributed by atoms with Crippen molar-refractivity contribution in [3.63, 3.8) is 0 Å². The molecule has 0 amide bonds. The third-order valence-electron chi connectivity index (χ3n) is 2.02. The molecular weight excluding hydrogens is 240 g/mol. The summed E-state index contributed by atoms with van der Waals surface area (Å²) in [6, 6.07) is 17.7. The predicted octanol–water partition coefficient (Wildman–Crippen LogP) is 3.42. The Bertz CT molecular complexity index is 317. The van der Waals surface area contributed by atoms with Crippen LogP contribution in [-0.4, -0.2) is 5.11 Å². The Kier molecular flexibility index (Phi) is 8.55. The zero-order valence-electron chi connectivity index (χ0n) is 9.07. The molecule has 0 heterocycles. The minimum Gasteiger partial charge on any atom is -0.748 e. The molecule has 2 rings (SSSR count). The molecule has 92 valence electrons. The van der Waals surface area contributed by atoms with Gasteiger partial charge in [0.15, 0.2) is 0 Å². The molecule has 16 heavy (non-hydrogen) atoms. The van der Waals surface area contributed by atoms with E-state index in [0.717, 1.165) is 5.56 Å². The third-order valence-corrected chi connectivity index (χ3v) is 2.02. The first-order chi connectivity index (χ1) is 7.34. The van der Waals surface area contributed by atoms with E-state index in [1.54, 1.807) is 6.08 Å². The molecule has 0 aliphatic rings. The summed E-state index contributed by atoms with van der Waals surface area (Å²) in [5.41, 5.74) is 0.972. The maximum Gasteiger partial charge on any atom is 0.0385 e. The molecule has 0 aromatic heterocycles. The van der Waals surface area contributed by atoms with Crippen molar-refractivity contribution in [1.82, 2.24) is 0 Å². The van der Waals surface area contributed by atoms with Gasteiger partial charge in [0.1, 0.15) is 0 Å². The fourth-order valence-electron chi connectivity index (χ4n) is 1.23. The van der Waals surface area contributed by atoms with E-state index in [0.29, 0.717) is 6.42 Å². The van der Waals surface area contributed by atoms with Crippen molar-refractivity contribution in [3.05, 3.63) is 72.8 Å². The second-order valence-corrected chi connectivity index (χ2v) is 3.22. The summed E-state index contributed by atoms with van der Waals surface area (Å²) in [7, 11) is 0. The second kappa shape index (κ2) is 9.17. The van der Waals surface area contributed by atoms with Crippen LogP contribution in [0.2, 0.25) is 0 Å². The average molecular weight is 256 g/mol. The van der Waals surface area contributed by atoms with E-state index in [4.69, 9.17) is 0 Å². The van der Waals surface area contributed by atoms with Crippen LogP contribution >= 0.6 is 0 Å². The van der Waals surface area contributed by atoms with Crippen LogP contribution in [0.5, 0.6) is 0 Å². The van der Waals surface area contributed by atoms with Crippen LogP contribution in [-0.2, 0) is 17.1 Å². The normalized spacial score (nSPS) is 10.6. The Morgan fingerprint density at radius 2 is 1.56 bits per heavy atom. The van der Waals surface area contributed by atoms with Crippen LogP contribution in [0, 0.1) is 0 Å². The number of hydrogen-bond donors (Lipinski definition) is 1. The fourth-order valence-corrected chi connectivity index (χ4v) is 1.23. The summed E-state index contributed by atoms with van der Waals surface area (Å²) < 4.78 is 0. The van der Waals surface area contributed by atoms with E-state index in [1.807, 2.05) is 54.6 Å². The van der Waals surface area contributed by atoms with Crippen molar-refractivity contribution in [1.29, 1.82) is 0 Å². The molecule has 0 saturated heterocycles. The van der Waals surface area contributed by atoms with Crippen molar-refractivity contribution in [2.75, 3.05) is 0 Å². The van der Waals surface area contributed by atoms with Gasteiger partial charge in [0.05, 0.1) is 0 Å². The van der Waals surface area contributed by atoms with E-state index in [-0.39, 0.29) is 23.2 Å². The van der Waals surface area contributed by atoms with E-state index < -0.39 is 0 Å². The molecule has 1 unspecified atom stereocenters. The molecule has 0 radical (unpaired) electrons. The molecule has 1 atom stereocenters. The molecule has 2 aromatic rings. The van der Waals surface area contributed by atoms with Crippen molar-refractivity contribution < 1.29 is 22.2 Å². The van der Waals surface area contributed by atoms with Gasteiger partial charge in [-0.1, -0.05) is 6.08 Å². The SMILES string of the molecule is C=CCC(O)[c-]1cccc1.[Fe].[cH-]1[cH-][cH-][cH-][cH-]1. The number of hydrogen-bond acceptors (Lipinski definition) is 1. The zero-order chi connectivity index (χ0) is 10.9. The predicted molar refractivity (Wildman–Crippen MR) is 63.8 cm³/mol. The van der Waals surface area contributed by atoms with Crippen molar-refractivity contribution >= 4 is 0 Å².